The number of hydrogen-bond donors (Lipinski definition) is 1. The molecule has 1 atom stereocenters. The van der Waals surface area contributed by atoms with Gasteiger partial charge in [-0.25, -0.2) is 4.98 Å². The number of rotatable bonds is 4. The second-order valence-electron chi connectivity index (χ2n) is 3.84. The highest BCUT2D eigenvalue weighted by molar-refractivity contribution is 7.99. The zero-order valence-corrected chi connectivity index (χ0v) is 10.5. The summed E-state index contributed by atoms with van der Waals surface area (Å²) < 4.78 is 42.7. The molecule has 0 aliphatic rings. The second-order valence-corrected chi connectivity index (χ2v) is 4.81. The third kappa shape index (κ3) is 3.74. The lowest BCUT2D eigenvalue weighted by Crippen LogP contribution is -2.14. The highest BCUT2D eigenvalue weighted by atomic mass is 32.2. The highest BCUT2D eigenvalue weighted by Crippen LogP contribution is 2.31. The molecule has 0 spiro atoms. The van der Waals surface area contributed by atoms with E-state index in [0.717, 1.165) is 12.1 Å². The van der Waals surface area contributed by atoms with E-state index in [0.29, 0.717) is 16.5 Å². The van der Waals surface area contributed by atoms with Gasteiger partial charge in [-0.1, -0.05) is 23.9 Å². The molecule has 1 unspecified atom stereocenters. The molecule has 0 radical (unpaired) electrons. The summed E-state index contributed by atoms with van der Waals surface area (Å²) in [4.78, 5) is 3.90. The van der Waals surface area contributed by atoms with Crippen LogP contribution in [0.1, 0.15) is 17.2 Å². The zero-order chi connectivity index (χ0) is 13.9. The van der Waals surface area contributed by atoms with E-state index in [1.807, 2.05) is 0 Å². The third-order valence-corrected chi connectivity index (χ3v) is 3.41. The van der Waals surface area contributed by atoms with Gasteiger partial charge < -0.3 is 10.2 Å². The Kier molecular flexibility index (Phi) is 4.16. The van der Waals surface area contributed by atoms with Crippen LogP contribution in [0.15, 0.2) is 46.4 Å². The van der Waals surface area contributed by atoms with E-state index >= 15 is 0 Å². The molecule has 0 aliphatic carbocycles. The minimum atomic E-state index is -4.36. The molecule has 3 nitrogen and oxygen atoms in total. The molecule has 0 saturated heterocycles. The summed E-state index contributed by atoms with van der Waals surface area (Å²) in [5.74, 6) is 0.391. The van der Waals surface area contributed by atoms with Gasteiger partial charge in [0.15, 0.2) is 0 Å². The van der Waals surface area contributed by atoms with Crippen molar-refractivity contribution < 1.29 is 17.6 Å². The SMILES string of the molecule is NC(CSc1ncco1)c1cccc(C(F)(F)F)c1. The van der Waals surface area contributed by atoms with Gasteiger partial charge in [-0.2, -0.15) is 13.2 Å². The lowest BCUT2D eigenvalue weighted by atomic mass is 10.1. The van der Waals surface area contributed by atoms with Crippen LogP contribution >= 0.6 is 11.8 Å². The van der Waals surface area contributed by atoms with Crippen LogP contribution in [0.2, 0.25) is 0 Å². The molecule has 0 bridgehead atoms. The number of thioether (sulfide) groups is 1. The van der Waals surface area contributed by atoms with E-state index in [9.17, 15) is 13.2 Å². The van der Waals surface area contributed by atoms with Gasteiger partial charge in [-0.05, 0) is 17.7 Å². The maximum absolute atomic E-state index is 12.6. The van der Waals surface area contributed by atoms with Crippen molar-refractivity contribution in [3.05, 3.63) is 47.9 Å². The van der Waals surface area contributed by atoms with Gasteiger partial charge in [0.25, 0.3) is 5.22 Å². The number of oxazole rings is 1. The maximum Gasteiger partial charge on any atom is 0.416 e. The number of nitrogens with zero attached hydrogens (tertiary/aromatic N) is 1. The minimum absolute atomic E-state index is 0.391. The summed E-state index contributed by atoms with van der Waals surface area (Å²) in [7, 11) is 0. The first-order chi connectivity index (χ1) is 8.97. The van der Waals surface area contributed by atoms with Crippen molar-refractivity contribution in [2.75, 3.05) is 5.75 Å². The molecule has 19 heavy (non-hydrogen) atoms. The standard InChI is InChI=1S/C12H11F3N2OS/c13-12(14,15)9-3-1-2-8(6-9)10(16)7-19-11-17-4-5-18-11/h1-6,10H,7,16H2. The average Bonchev–Trinajstić information content (AvgIpc) is 2.88. The average molecular weight is 288 g/mol. The first-order valence-electron chi connectivity index (χ1n) is 5.42. The molecule has 2 rings (SSSR count). The number of benzene rings is 1. The van der Waals surface area contributed by atoms with Gasteiger partial charge in [-0.3, -0.25) is 0 Å². The molecule has 0 amide bonds. The smallest absolute Gasteiger partial charge is 0.416 e. The predicted molar refractivity (Wildman–Crippen MR) is 65.6 cm³/mol. The molecule has 2 N–H and O–H groups in total. The fourth-order valence-electron chi connectivity index (χ4n) is 1.48. The maximum atomic E-state index is 12.6. The summed E-state index contributed by atoms with van der Waals surface area (Å²) in [5, 5.41) is 0.447. The van der Waals surface area contributed by atoms with Crippen molar-refractivity contribution in [1.29, 1.82) is 0 Å². The van der Waals surface area contributed by atoms with Crippen molar-refractivity contribution in [2.45, 2.75) is 17.4 Å². The number of alkyl halides is 3. The van der Waals surface area contributed by atoms with Gasteiger partial charge in [0.1, 0.15) is 6.26 Å². The van der Waals surface area contributed by atoms with Crippen LogP contribution in [-0.2, 0) is 6.18 Å². The van der Waals surface area contributed by atoms with E-state index < -0.39 is 17.8 Å². The largest absolute Gasteiger partial charge is 0.440 e. The Morgan fingerprint density at radius 1 is 1.37 bits per heavy atom. The number of aromatic nitrogens is 1. The van der Waals surface area contributed by atoms with Crippen molar-refractivity contribution in [1.82, 2.24) is 4.98 Å². The van der Waals surface area contributed by atoms with Gasteiger partial charge in [0, 0.05) is 11.8 Å². The molecular formula is C12H11F3N2OS. The fraction of sp³-hybridized carbons (Fsp3) is 0.250. The van der Waals surface area contributed by atoms with Crippen molar-refractivity contribution in [3.8, 4) is 0 Å². The molecule has 1 aromatic heterocycles. The number of halogens is 3. The summed E-state index contributed by atoms with van der Waals surface area (Å²) >= 11 is 1.26. The Hall–Kier alpha value is -1.47. The van der Waals surface area contributed by atoms with Crippen molar-refractivity contribution >= 4 is 11.8 Å². The monoisotopic (exact) mass is 288 g/mol. The fourth-order valence-corrected chi connectivity index (χ4v) is 2.26. The number of hydrogen-bond acceptors (Lipinski definition) is 4. The van der Waals surface area contributed by atoms with Gasteiger partial charge in [0.05, 0.1) is 11.8 Å². The molecule has 102 valence electrons. The van der Waals surface area contributed by atoms with Crippen LogP contribution < -0.4 is 5.73 Å². The zero-order valence-electron chi connectivity index (χ0n) is 9.72. The summed E-state index contributed by atoms with van der Waals surface area (Å²) in [6, 6.07) is 4.52. The van der Waals surface area contributed by atoms with Crippen molar-refractivity contribution in [3.63, 3.8) is 0 Å². The Labute approximate surface area is 112 Å². The Bertz CT molecular complexity index is 528. The summed E-state index contributed by atoms with van der Waals surface area (Å²) in [6.07, 6.45) is -1.43. The van der Waals surface area contributed by atoms with E-state index in [1.165, 1.54) is 30.3 Å². The van der Waals surface area contributed by atoms with Gasteiger partial charge in [-0.15, -0.1) is 0 Å². The summed E-state index contributed by atoms with van der Waals surface area (Å²) in [5.41, 5.74) is 5.61. The Morgan fingerprint density at radius 2 is 2.16 bits per heavy atom. The third-order valence-electron chi connectivity index (χ3n) is 2.44. The topological polar surface area (TPSA) is 52.0 Å². The van der Waals surface area contributed by atoms with E-state index in [2.05, 4.69) is 4.98 Å². The first kappa shape index (κ1) is 14.0. The Balaban J connectivity index is 2.04. The van der Waals surface area contributed by atoms with Crippen LogP contribution in [0.25, 0.3) is 0 Å². The predicted octanol–water partition coefficient (Wildman–Crippen LogP) is 3.49. The molecule has 0 saturated carbocycles. The van der Waals surface area contributed by atoms with E-state index in [1.54, 1.807) is 6.07 Å². The van der Waals surface area contributed by atoms with E-state index in [4.69, 9.17) is 10.2 Å². The van der Waals surface area contributed by atoms with Gasteiger partial charge >= 0.3 is 6.18 Å². The van der Waals surface area contributed by atoms with Crippen LogP contribution in [0.4, 0.5) is 13.2 Å². The highest BCUT2D eigenvalue weighted by Gasteiger charge is 2.30. The first-order valence-corrected chi connectivity index (χ1v) is 6.40. The summed E-state index contributed by atoms with van der Waals surface area (Å²) in [6.45, 7) is 0. The van der Waals surface area contributed by atoms with Crippen molar-refractivity contribution in [2.24, 2.45) is 5.73 Å². The lowest BCUT2D eigenvalue weighted by Gasteiger charge is -2.13. The van der Waals surface area contributed by atoms with E-state index in [-0.39, 0.29) is 0 Å². The number of nitrogens with two attached hydrogens (primary N) is 1. The lowest BCUT2D eigenvalue weighted by molar-refractivity contribution is -0.137. The van der Waals surface area contributed by atoms with Crippen LogP contribution in [0, 0.1) is 0 Å². The van der Waals surface area contributed by atoms with Gasteiger partial charge in [0.2, 0.25) is 0 Å². The molecule has 2 aromatic rings. The van der Waals surface area contributed by atoms with Crippen LogP contribution in [0.5, 0.6) is 0 Å². The molecular weight excluding hydrogens is 277 g/mol. The molecule has 0 fully saturated rings. The molecule has 0 aliphatic heterocycles. The van der Waals surface area contributed by atoms with Crippen LogP contribution in [-0.4, -0.2) is 10.7 Å². The quantitative estimate of drug-likeness (QED) is 0.875. The second kappa shape index (κ2) is 5.66. The normalized spacial score (nSPS) is 13.5. The molecule has 1 aromatic carbocycles. The minimum Gasteiger partial charge on any atom is -0.440 e. The molecule has 1 heterocycles. The molecule has 7 heteroatoms. The van der Waals surface area contributed by atoms with Crippen LogP contribution in [0.3, 0.4) is 0 Å². The Morgan fingerprint density at radius 3 is 2.79 bits per heavy atom.